The molecule has 0 N–H and O–H groups in total. The lowest BCUT2D eigenvalue weighted by atomic mass is 9.89. The van der Waals surface area contributed by atoms with Crippen LogP contribution in [0.3, 0.4) is 0 Å². The smallest absolute Gasteiger partial charge is 0.0998 e. The normalized spacial score (nSPS) is 11.1. The van der Waals surface area contributed by atoms with E-state index in [9.17, 15) is 15.8 Å². The highest BCUT2D eigenvalue weighted by Crippen LogP contribution is 2.42. The van der Waals surface area contributed by atoms with Crippen molar-refractivity contribution in [3.8, 4) is 51.8 Å². The predicted octanol–water partition coefficient (Wildman–Crippen LogP) is 10.8. The lowest BCUT2D eigenvalue weighted by Gasteiger charge is -2.19. The van der Waals surface area contributed by atoms with Gasteiger partial charge in [-0.05, 0) is 89.5 Å². The Labute approximate surface area is 287 Å². The van der Waals surface area contributed by atoms with E-state index >= 15 is 0 Å². The molecule has 5 heteroatoms. The first-order valence-electron chi connectivity index (χ1n) is 16.3. The van der Waals surface area contributed by atoms with Crippen molar-refractivity contribution < 1.29 is 0 Å². The van der Waals surface area contributed by atoms with Gasteiger partial charge in [0.15, 0.2) is 0 Å². The molecule has 0 aliphatic heterocycles. The molecule has 0 atom stereocenters. The summed E-state index contributed by atoms with van der Waals surface area (Å²) in [4.78, 5) is 0. The maximum atomic E-state index is 10.5. The van der Waals surface area contributed by atoms with E-state index in [2.05, 4.69) is 112 Å². The molecule has 0 aliphatic rings. The number of hydrogen-bond acceptors (Lipinski definition) is 3. The van der Waals surface area contributed by atoms with Crippen molar-refractivity contribution in [1.29, 1.82) is 15.8 Å². The highest BCUT2D eigenvalue weighted by molar-refractivity contribution is 6.11. The molecular weight excluding hydrogens is 611 g/mol. The molecular formula is C45H25N5. The molecule has 0 spiro atoms. The standard InChI is InChI=1S/C45H25N5/c46-26-29-16-22-34(31-18-20-33(21-19-31)49-40-12-4-1-9-35(40)36-10-2-5-13-41(36)49)39(25-29)45-32(28-48)8-7-15-44(45)50-42-14-6-3-11-37(42)38-24-30(27-47)17-23-43(38)50/h1-25H. The molecule has 0 amide bonds. The fraction of sp³-hybridized carbons (Fsp3) is 0. The van der Waals surface area contributed by atoms with Gasteiger partial charge in [0.05, 0.1) is 62.7 Å². The van der Waals surface area contributed by atoms with Crippen LogP contribution >= 0.6 is 0 Å². The van der Waals surface area contributed by atoms with E-state index in [1.54, 1.807) is 0 Å². The molecule has 0 saturated heterocycles. The van der Waals surface area contributed by atoms with Gasteiger partial charge in [0.25, 0.3) is 0 Å². The second-order valence-corrected chi connectivity index (χ2v) is 12.3. The maximum absolute atomic E-state index is 10.5. The summed E-state index contributed by atoms with van der Waals surface area (Å²) in [6.45, 7) is 0. The third kappa shape index (κ3) is 4.31. The van der Waals surface area contributed by atoms with Crippen LogP contribution in [0.4, 0.5) is 0 Å². The average molecular weight is 636 g/mol. The largest absolute Gasteiger partial charge is 0.309 e. The van der Waals surface area contributed by atoms with Gasteiger partial charge in [0.2, 0.25) is 0 Å². The lowest BCUT2D eigenvalue weighted by molar-refractivity contribution is 1.18. The van der Waals surface area contributed by atoms with Crippen molar-refractivity contribution in [3.63, 3.8) is 0 Å². The van der Waals surface area contributed by atoms with Gasteiger partial charge in [0.1, 0.15) is 0 Å². The van der Waals surface area contributed by atoms with E-state index in [0.29, 0.717) is 16.7 Å². The van der Waals surface area contributed by atoms with Crippen LogP contribution in [0, 0.1) is 34.0 Å². The molecule has 7 aromatic carbocycles. The summed E-state index contributed by atoms with van der Waals surface area (Å²) in [7, 11) is 0. The SMILES string of the molecule is N#Cc1ccc(-c2ccc(-n3c4ccccc4c4ccccc43)cc2)c(-c2c(C#N)cccc2-n2c3ccccc3c3cc(C#N)ccc32)c1. The number of rotatable bonds is 4. The van der Waals surface area contributed by atoms with E-state index in [4.69, 9.17) is 0 Å². The van der Waals surface area contributed by atoms with Gasteiger partial charge >= 0.3 is 0 Å². The van der Waals surface area contributed by atoms with Gasteiger partial charge in [-0.1, -0.05) is 78.9 Å². The Morgan fingerprint density at radius 2 is 0.960 bits per heavy atom. The van der Waals surface area contributed by atoms with Crippen molar-refractivity contribution in [2.24, 2.45) is 0 Å². The first kappa shape index (κ1) is 28.8. The van der Waals surface area contributed by atoms with Crippen LogP contribution in [0.2, 0.25) is 0 Å². The van der Waals surface area contributed by atoms with Gasteiger partial charge in [-0.15, -0.1) is 0 Å². The molecule has 9 rings (SSSR count). The Hall–Kier alpha value is -7.39. The lowest BCUT2D eigenvalue weighted by Crippen LogP contribution is -2.01. The molecule has 2 aromatic heterocycles. The number of aromatic nitrogens is 2. The van der Waals surface area contributed by atoms with Crippen LogP contribution in [0.1, 0.15) is 16.7 Å². The summed E-state index contributed by atoms with van der Waals surface area (Å²) in [5, 5.41) is 34.7. The van der Waals surface area contributed by atoms with Crippen molar-refractivity contribution >= 4 is 43.6 Å². The molecule has 0 unspecified atom stereocenters. The average Bonchev–Trinajstić information content (AvgIpc) is 3.70. The molecule has 0 bridgehead atoms. The number of nitriles is 3. The van der Waals surface area contributed by atoms with Crippen LogP contribution in [0.15, 0.2) is 152 Å². The van der Waals surface area contributed by atoms with Crippen molar-refractivity contribution in [3.05, 3.63) is 168 Å². The van der Waals surface area contributed by atoms with Crippen LogP contribution in [-0.2, 0) is 0 Å². The number of benzene rings is 7. The molecule has 50 heavy (non-hydrogen) atoms. The van der Waals surface area contributed by atoms with Crippen molar-refractivity contribution in [2.45, 2.75) is 0 Å². The summed E-state index contributed by atoms with van der Waals surface area (Å²) >= 11 is 0. The Morgan fingerprint density at radius 1 is 0.400 bits per heavy atom. The quantitative estimate of drug-likeness (QED) is 0.193. The van der Waals surface area contributed by atoms with Crippen LogP contribution in [-0.4, -0.2) is 9.13 Å². The minimum absolute atomic E-state index is 0.500. The van der Waals surface area contributed by atoms with Gasteiger partial charge in [-0.2, -0.15) is 15.8 Å². The third-order valence-corrected chi connectivity index (χ3v) is 9.64. The summed E-state index contributed by atoms with van der Waals surface area (Å²) < 4.78 is 4.45. The van der Waals surface area contributed by atoms with Crippen LogP contribution in [0.25, 0.3) is 77.2 Å². The van der Waals surface area contributed by atoms with E-state index in [-0.39, 0.29) is 0 Å². The van der Waals surface area contributed by atoms with E-state index in [1.807, 2.05) is 66.7 Å². The summed E-state index contributed by atoms with van der Waals surface area (Å²) in [6.07, 6.45) is 0. The second-order valence-electron chi connectivity index (χ2n) is 12.3. The Bertz CT molecular complexity index is 2900. The van der Waals surface area contributed by atoms with E-state index < -0.39 is 0 Å². The highest BCUT2D eigenvalue weighted by atomic mass is 15.0. The third-order valence-electron chi connectivity index (χ3n) is 9.64. The van der Waals surface area contributed by atoms with Gasteiger partial charge in [-0.3, -0.25) is 0 Å². The Morgan fingerprint density at radius 3 is 1.60 bits per heavy atom. The van der Waals surface area contributed by atoms with Gasteiger partial charge in [-0.25, -0.2) is 0 Å². The van der Waals surface area contributed by atoms with Crippen LogP contribution in [0.5, 0.6) is 0 Å². The zero-order chi connectivity index (χ0) is 33.8. The number of nitrogens with zero attached hydrogens (tertiary/aromatic N) is 5. The zero-order valence-corrected chi connectivity index (χ0v) is 26.7. The summed E-state index contributed by atoms with van der Waals surface area (Å²) in [6, 6.07) is 57.7. The summed E-state index contributed by atoms with van der Waals surface area (Å²) in [5.74, 6) is 0. The molecule has 2 heterocycles. The van der Waals surface area contributed by atoms with Crippen LogP contribution < -0.4 is 0 Å². The highest BCUT2D eigenvalue weighted by Gasteiger charge is 2.21. The van der Waals surface area contributed by atoms with Crippen molar-refractivity contribution in [2.75, 3.05) is 0 Å². The minimum Gasteiger partial charge on any atom is -0.309 e. The second kappa shape index (κ2) is 11.4. The minimum atomic E-state index is 0.500. The monoisotopic (exact) mass is 635 g/mol. The molecule has 0 radical (unpaired) electrons. The fourth-order valence-electron chi connectivity index (χ4n) is 7.47. The zero-order valence-electron chi connectivity index (χ0n) is 26.7. The predicted molar refractivity (Wildman–Crippen MR) is 200 cm³/mol. The van der Waals surface area contributed by atoms with Crippen molar-refractivity contribution in [1.82, 2.24) is 9.13 Å². The Balaban J connectivity index is 1.28. The van der Waals surface area contributed by atoms with Gasteiger partial charge in [0, 0.05) is 32.8 Å². The number of fused-ring (bicyclic) bond motifs is 6. The Kier molecular flexibility index (Phi) is 6.56. The number of para-hydroxylation sites is 3. The first-order valence-corrected chi connectivity index (χ1v) is 16.3. The molecule has 5 nitrogen and oxygen atoms in total. The molecule has 230 valence electrons. The van der Waals surface area contributed by atoms with E-state index in [1.165, 1.54) is 10.8 Å². The molecule has 0 saturated carbocycles. The van der Waals surface area contributed by atoms with E-state index in [0.717, 1.165) is 66.5 Å². The number of hydrogen-bond donors (Lipinski definition) is 0. The van der Waals surface area contributed by atoms with Gasteiger partial charge < -0.3 is 9.13 Å². The first-order chi connectivity index (χ1) is 24.7. The fourth-order valence-corrected chi connectivity index (χ4v) is 7.47. The topological polar surface area (TPSA) is 81.2 Å². The summed E-state index contributed by atoms with van der Waals surface area (Å²) in [5.41, 5.74) is 11.0. The molecule has 0 aliphatic carbocycles. The maximum Gasteiger partial charge on any atom is 0.0998 e. The molecule has 0 fully saturated rings. The molecule has 9 aromatic rings.